The Balaban J connectivity index is 1.89. The van der Waals surface area contributed by atoms with Gasteiger partial charge in [0.25, 0.3) is 0 Å². The molecule has 0 fully saturated rings. The van der Waals surface area contributed by atoms with Gasteiger partial charge >= 0.3 is 0 Å². The van der Waals surface area contributed by atoms with Gasteiger partial charge in [-0.05, 0) is 17.2 Å². The summed E-state index contributed by atoms with van der Waals surface area (Å²) in [4.78, 5) is 3.76. The van der Waals surface area contributed by atoms with Gasteiger partial charge in [0.1, 0.15) is 10.7 Å². The zero-order valence-electron chi connectivity index (χ0n) is 11.6. The molecule has 0 spiro atoms. The molecule has 1 aromatic carbocycles. The van der Waals surface area contributed by atoms with Gasteiger partial charge < -0.3 is 5.73 Å². The number of hydrogen-bond donors (Lipinski definition) is 1. The minimum absolute atomic E-state index is 0.0439. The van der Waals surface area contributed by atoms with Gasteiger partial charge in [-0.1, -0.05) is 48.0 Å². The summed E-state index contributed by atoms with van der Waals surface area (Å²) in [6.45, 7) is 0.608. The lowest BCUT2D eigenvalue weighted by Gasteiger charge is -2.17. The van der Waals surface area contributed by atoms with Gasteiger partial charge in [-0.3, -0.25) is 0 Å². The maximum Gasteiger partial charge on any atom is 0.247 e. The molecule has 0 aliphatic carbocycles. The molecule has 0 radical (unpaired) electrons. The minimum atomic E-state index is -3.72. The number of aromatic nitrogens is 1. The Kier molecular flexibility index (Phi) is 3.90. The highest BCUT2D eigenvalue weighted by Gasteiger charge is 2.30. The van der Waals surface area contributed by atoms with E-state index in [0.29, 0.717) is 13.1 Å². The van der Waals surface area contributed by atoms with Gasteiger partial charge in [-0.2, -0.15) is 4.31 Å². The van der Waals surface area contributed by atoms with Gasteiger partial charge in [0.15, 0.2) is 0 Å². The van der Waals surface area contributed by atoms with Crippen molar-refractivity contribution in [3.05, 3.63) is 59.3 Å². The first-order chi connectivity index (χ1) is 10.5. The van der Waals surface area contributed by atoms with Crippen LogP contribution >= 0.6 is 11.6 Å². The number of sulfonamides is 1. The van der Waals surface area contributed by atoms with Crippen LogP contribution in [0.3, 0.4) is 0 Å². The van der Waals surface area contributed by atoms with Crippen LogP contribution in [0.25, 0.3) is 5.57 Å². The molecule has 5 nitrogen and oxygen atoms in total. The molecule has 2 N–H and O–H groups in total. The third-order valence-electron chi connectivity index (χ3n) is 3.50. The molecule has 0 saturated carbocycles. The molecule has 2 aromatic rings. The van der Waals surface area contributed by atoms with E-state index in [1.54, 1.807) is 0 Å². The van der Waals surface area contributed by atoms with Crippen molar-refractivity contribution < 1.29 is 8.42 Å². The van der Waals surface area contributed by atoms with Crippen LogP contribution in [0.2, 0.25) is 5.02 Å². The van der Waals surface area contributed by atoms with Crippen LogP contribution < -0.4 is 5.73 Å². The van der Waals surface area contributed by atoms with Crippen molar-refractivity contribution in [2.45, 2.75) is 4.90 Å². The van der Waals surface area contributed by atoms with E-state index in [1.165, 1.54) is 16.6 Å². The third kappa shape index (κ3) is 2.72. The Bertz CT molecular complexity index is 835. The fraction of sp³-hybridized carbons (Fsp3) is 0.133. The summed E-state index contributed by atoms with van der Waals surface area (Å²) in [6, 6.07) is 11.0. The maximum absolute atomic E-state index is 12.7. The fourth-order valence-electron chi connectivity index (χ4n) is 2.35. The highest BCUT2D eigenvalue weighted by molar-refractivity contribution is 7.89. The second-order valence-corrected chi connectivity index (χ2v) is 7.27. The zero-order valence-corrected chi connectivity index (χ0v) is 13.2. The Labute approximate surface area is 134 Å². The summed E-state index contributed by atoms with van der Waals surface area (Å²) in [5.41, 5.74) is 7.68. The topological polar surface area (TPSA) is 76.3 Å². The number of nitrogens with two attached hydrogens (primary N) is 1. The summed E-state index contributed by atoms with van der Waals surface area (Å²) >= 11 is 5.84. The highest BCUT2D eigenvalue weighted by atomic mass is 35.5. The lowest BCUT2D eigenvalue weighted by atomic mass is 10.1. The number of nitrogens with zero attached hydrogens (tertiary/aromatic N) is 2. The molecular weight excluding hydrogens is 322 g/mol. The van der Waals surface area contributed by atoms with Gasteiger partial charge in [0, 0.05) is 19.3 Å². The van der Waals surface area contributed by atoms with E-state index >= 15 is 0 Å². The van der Waals surface area contributed by atoms with Crippen LogP contribution in [0.15, 0.2) is 53.6 Å². The van der Waals surface area contributed by atoms with E-state index in [-0.39, 0.29) is 15.7 Å². The summed E-state index contributed by atoms with van der Waals surface area (Å²) < 4.78 is 26.8. The lowest BCUT2D eigenvalue weighted by molar-refractivity contribution is 0.490. The molecule has 114 valence electrons. The second-order valence-electron chi connectivity index (χ2n) is 4.93. The largest absolute Gasteiger partial charge is 0.383 e. The smallest absolute Gasteiger partial charge is 0.247 e. The van der Waals surface area contributed by atoms with Gasteiger partial charge in [-0.15, -0.1) is 0 Å². The first kappa shape index (κ1) is 15.0. The van der Waals surface area contributed by atoms with Gasteiger partial charge in [0.2, 0.25) is 10.0 Å². The van der Waals surface area contributed by atoms with Crippen molar-refractivity contribution in [3.8, 4) is 0 Å². The van der Waals surface area contributed by atoms with E-state index < -0.39 is 10.0 Å². The van der Waals surface area contributed by atoms with E-state index in [1.807, 2.05) is 36.4 Å². The number of anilines is 1. The number of rotatable bonds is 3. The predicted molar refractivity (Wildman–Crippen MR) is 86.8 cm³/mol. The van der Waals surface area contributed by atoms with E-state index in [2.05, 4.69) is 4.98 Å². The first-order valence-electron chi connectivity index (χ1n) is 6.64. The average Bonchev–Trinajstić information content (AvgIpc) is 3.01. The third-order valence-corrected chi connectivity index (χ3v) is 5.55. The van der Waals surface area contributed by atoms with Gasteiger partial charge in [0.05, 0.1) is 5.02 Å². The van der Waals surface area contributed by atoms with Crippen LogP contribution in [0.4, 0.5) is 5.82 Å². The quantitative estimate of drug-likeness (QED) is 0.934. The Morgan fingerprint density at radius 1 is 1.23 bits per heavy atom. The molecule has 1 aliphatic heterocycles. The summed E-state index contributed by atoms with van der Waals surface area (Å²) in [5.74, 6) is -0.0439. The molecule has 0 atom stereocenters. The Morgan fingerprint density at radius 3 is 2.68 bits per heavy atom. The Hall–Kier alpha value is -1.89. The van der Waals surface area contributed by atoms with Crippen molar-refractivity contribution in [1.82, 2.24) is 9.29 Å². The molecule has 2 heterocycles. The van der Waals surface area contributed by atoms with Crippen LogP contribution in [-0.2, 0) is 10.0 Å². The SMILES string of the molecule is Nc1ncc(Cl)cc1S(=O)(=O)N1CC=C(c2ccccc2)C1. The predicted octanol–water partition coefficient (Wildman–Crippen LogP) is 2.41. The number of hydrogen-bond acceptors (Lipinski definition) is 4. The molecule has 1 aromatic heterocycles. The maximum atomic E-state index is 12.7. The molecule has 3 rings (SSSR count). The van der Waals surface area contributed by atoms with E-state index in [0.717, 1.165) is 11.1 Å². The van der Waals surface area contributed by atoms with Gasteiger partial charge in [-0.25, -0.2) is 13.4 Å². The van der Waals surface area contributed by atoms with Crippen LogP contribution in [-0.4, -0.2) is 30.8 Å². The van der Waals surface area contributed by atoms with Crippen molar-refractivity contribution in [2.24, 2.45) is 0 Å². The highest BCUT2D eigenvalue weighted by Crippen LogP contribution is 2.29. The lowest BCUT2D eigenvalue weighted by Crippen LogP contribution is -2.29. The molecule has 22 heavy (non-hydrogen) atoms. The molecule has 0 bridgehead atoms. The van der Waals surface area contributed by atoms with Crippen molar-refractivity contribution in [3.63, 3.8) is 0 Å². The summed E-state index contributed by atoms with van der Waals surface area (Å²) in [6.07, 6.45) is 3.23. The molecule has 7 heteroatoms. The zero-order chi connectivity index (χ0) is 15.7. The standard InChI is InChI=1S/C15H14ClN3O2S/c16-13-8-14(15(17)18-9-13)22(20,21)19-7-6-12(10-19)11-4-2-1-3-5-11/h1-6,8-9H,7,10H2,(H2,17,18). The van der Waals surface area contributed by atoms with Crippen molar-refractivity contribution in [2.75, 3.05) is 18.8 Å². The van der Waals surface area contributed by atoms with Crippen LogP contribution in [0.5, 0.6) is 0 Å². The number of nitrogen functional groups attached to an aromatic ring is 1. The average molecular weight is 336 g/mol. The molecule has 0 saturated heterocycles. The van der Waals surface area contributed by atoms with Crippen molar-refractivity contribution in [1.29, 1.82) is 0 Å². The number of benzene rings is 1. The first-order valence-corrected chi connectivity index (χ1v) is 8.46. The normalized spacial score (nSPS) is 15.8. The number of pyridine rings is 1. The van der Waals surface area contributed by atoms with E-state index in [9.17, 15) is 8.42 Å². The second kappa shape index (κ2) is 5.72. The summed E-state index contributed by atoms with van der Waals surface area (Å²) in [7, 11) is -3.72. The Morgan fingerprint density at radius 2 is 1.95 bits per heavy atom. The van der Waals surface area contributed by atoms with Crippen LogP contribution in [0.1, 0.15) is 5.56 Å². The number of halogens is 1. The molecule has 0 unspecified atom stereocenters. The minimum Gasteiger partial charge on any atom is -0.383 e. The van der Waals surface area contributed by atoms with Crippen LogP contribution in [0, 0.1) is 0 Å². The monoisotopic (exact) mass is 335 g/mol. The molecule has 1 aliphatic rings. The molecule has 0 amide bonds. The molecular formula is C15H14ClN3O2S. The summed E-state index contributed by atoms with van der Waals surface area (Å²) in [5, 5.41) is 0.239. The van der Waals surface area contributed by atoms with E-state index in [4.69, 9.17) is 17.3 Å². The fourth-order valence-corrected chi connectivity index (χ4v) is 4.03. The van der Waals surface area contributed by atoms with Crippen molar-refractivity contribution >= 4 is 33.0 Å².